The van der Waals surface area contributed by atoms with Gasteiger partial charge in [0.25, 0.3) is 15.9 Å². The van der Waals surface area contributed by atoms with Crippen LogP contribution < -0.4 is 4.31 Å². The molecule has 34 heavy (non-hydrogen) atoms. The summed E-state index contributed by atoms with van der Waals surface area (Å²) in [5, 5.41) is 0. The predicted octanol–water partition coefficient (Wildman–Crippen LogP) is 6.15. The topological polar surface area (TPSA) is 54.5 Å². The van der Waals surface area contributed by atoms with Gasteiger partial charge in [-0.1, -0.05) is 77.9 Å². The number of nitrogens with zero attached hydrogens (tertiary/aromatic N) is 1. The van der Waals surface area contributed by atoms with E-state index in [1.807, 2.05) is 51.1 Å². The molecule has 0 N–H and O–H groups in total. The average Bonchev–Trinajstić information content (AvgIpc) is 3.15. The maximum Gasteiger partial charge on any atom is 0.270 e. The van der Waals surface area contributed by atoms with Crippen molar-refractivity contribution >= 4 is 21.6 Å². The van der Waals surface area contributed by atoms with E-state index in [9.17, 15) is 13.2 Å². The molecule has 0 saturated carbocycles. The van der Waals surface area contributed by atoms with E-state index in [1.165, 1.54) is 0 Å². The molecule has 0 aliphatic heterocycles. The first-order chi connectivity index (χ1) is 16.3. The van der Waals surface area contributed by atoms with E-state index >= 15 is 0 Å². The fourth-order valence-corrected chi connectivity index (χ4v) is 6.30. The minimum atomic E-state index is -4.15. The number of aryl methyl sites for hydroxylation is 3. The monoisotopic (exact) mass is 467 g/mol. The zero-order chi connectivity index (χ0) is 24.0. The summed E-state index contributed by atoms with van der Waals surface area (Å²) in [5.74, 6) is -1.20. The molecule has 0 bridgehead atoms. The summed E-state index contributed by atoms with van der Waals surface area (Å²) in [4.78, 5) is 14.4. The lowest BCUT2D eigenvalue weighted by Gasteiger charge is -2.27. The molecular weight excluding hydrogens is 442 g/mol. The summed E-state index contributed by atoms with van der Waals surface area (Å²) in [6, 6.07) is 27.1. The zero-order valence-electron chi connectivity index (χ0n) is 19.3. The molecule has 4 aromatic carbocycles. The van der Waals surface area contributed by atoms with Gasteiger partial charge in [-0.15, -0.1) is 0 Å². The van der Waals surface area contributed by atoms with Gasteiger partial charge < -0.3 is 0 Å². The second-order valence-electron chi connectivity index (χ2n) is 8.82. The van der Waals surface area contributed by atoms with Gasteiger partial charge in [-0.2, -0.15) is 0 Å². The lowest BCUT2D eigenvalue weighted by molar-refractivity contribution is -0.118. The number of amides is 1. The van der Waals surface area contributed by atoms with E-state index in [2.05, 4.69) is 6.07 Å². The molecule has 1 unspecified atom stereocenters. The van der Waals surface area contributed by atoms with Gasteiger partial charge in [-0.25, -0.2) is 12.7 Å². The van der Waals surface area contributed by atoms with Crippen LogP contribution in [-0.2, 0) is 14.8 Å². The fourth-order valence-electron chi connectivity index (χ4n) is 4.87. The first kappa shape index (κ1) is 22.1. The second kappa shape index (κ2) is 8.26. The minimum Gasteiger partial charge on any atom is -0.272 e. The van der Waals surface area contributed by atoms with Crippen molar-refractivity contribution in [3.8, 4) is 11.1 Å². The van der Waals surface area contributed by atoms with Gasteiger partial charge in [-0.3, -0.25) is 4.79 Å². The van der Waals surface area contributed by atoms with E-state index in [0.29, 0.717) is 5.69 Å². The van der Waals surface area contributed by atoms with Crippen molar-refractivity contribution in [2.24, 2.45) is 0 Å². The number of carbonyl (C=O) groups is 1. The van der Waals surface area contributed by atoms with Crippen molar-refractivity contribution in [3.05, 3.63) is 119 Å². The summed E-state index contributed by atoms with van der Waals surface area (Å²) in [5.41, 5.74) is 7.02. The van der Waals surface area contributed by atoms with Gasteiger partial charge >= 0.3 is 0 Å². The van der Waals surface area contributed by atoms with Crippen LogP contribution in [-0.4, -0.2) is 14.3 Å². The van der Waals surface area contributed by atoms with Crippen LogP contribution in [0.4, 0.5) is 5.69 Å². The highest BCUT2D eigenvalue weighted by Crippen LogP contribution is 2.48. The van der Waals surface area contributed by atoms with Crippen LogP contribution in [0, 0.1) is 20.8 Å². The van der Waals surface area contributed by atoms with Crippen LogP contribution >= 0.6 is 0 Å². The van der Waals surface area contributed by atoms with Crippen molar-refractivity contribution in [3.63, 3.8) is 0 Å². The van der Waals surface area contributed by atoms with Gasteiger partial charge in [-0.05, 0) is 72.9 Å². The highest BCUT2D eigenvalue weighted by atomic mass is 32.2. The van der Waals surface area contributed by atoms with E-state index in [4.69, 9.17) is 0 Å². The Hall–Kier alpha value is -3.70. The molecule has 1 aliphatic carbocycles. The third-order valence-corrected chi connectivity index (χ3v) is 8.12. The number of hydrogen-bond acceptors (Lipinski definition) is 3. The summed E-state index contributed by atoms with van der Waals surface area (Å²) < 4.78 is 28.8. The van der Waals surface area contributed by atoms with Crippen LogP contribution in [0.3, 0.4) is 0 Å². The fraction of sp³-hybridized carbons (Fsp3) is 0.138. The molecule has 5 heteroatoms. The molecule has 4 nitrogen and oxygen atoms in total. The van der Waals surface area contributed by atoms with Gasteiger partial charge in [0.2, 0.25) is 0 Å². The normalized spacial score (nSPS) is 14.4. The number of fused-ring (bicyclic) bond motifs is 3. The number of benzene rings is 4. The Labute approximate surface area is 200 Å². The van der Waals surface area contributed by atoms with Gasteiger partial charge in [0.15, 0.2) is 0 Å². The highest BCUT2D eigenvalue weighted by Gasteiger charge is 2.42. The number of para-hydroxylation sites is 1. The van der Waals surface area contributed by atoms with E-state index in [1.54, 1.807) is 54.6 Å². The van der Waals surface area contributed by atoms with Crippen molar-refractivity contribution < 1.29 is 13.2 Å². The molecule has 170 valence electrons. The van der Waals surface area contributed by atoms with Crippen LogP contribution in [0.2, 0.25) is 0 Å². The van der Waals surface area contributed by atoms with E-state index in [-0.39, 0.29) is 4.90 Å². The third kappa shape index (κ3) is 3.53. The van der Waals surface area contributed by atoms with Crippen LogP contribution in [0.1, 0.15) is 33.7 Å². The quantitative estimate of drug-likeness (QED) is 0.362. The Morgan fingerprint density at radius 2 is 1.38 bits per heavy atom. The second-order valence-corrected chi connectivity index (χ2v) is 10.6. The molecule has 0 fully saturated rings. The maximum atomic E-state index is 14.3. The van der Waals surface area contributed by atoms with Crippen LogP contribution in [0.5, 0.6) is 0 Å². The summed E-state index contributed by atoms with van der Waals surface area (Å²) >= 11 is 0. The van der Waals surface area contributed by atoms with Crippen molar-refractivity contribution in [1.29, 1.82) is 0 Å². The molecule has 0 saturated heterocycles. The van der Waals surface area contributed by atoms with Gasteiger partial charge in [0.1, 0.15) is 0 Å². The molecule has 5 rings (SSSR count). The van der Waals surface area contributed by atoms with Crippen molar-refractivity contribution in [2.45, 2.75) is 31.6 Å². The Morgan fingerprint density at radius 3 is 2.09 bits per heavy atom. The number of carbonyl (C=O) groups excluding carboxylic acids is 1. The molecule has 0 spiro atoms. The highest BCUT2D eigenvalue weighted by molar-refractivity contribution is 7.93. The van der Waals surface area contributed by atoms with Crippen LogP contribution in [0.25, 0.3) is 11.1 Å². The molecule has 4 aromatic rings. The maximum absolute atomic E-state index is 14.3. The average molecular weight is 468 g/mol. The molecule has 0 aromatic heterocycles. The SMILES string of the molecule is Cc1ccc(S(=O)(=O)N(C(=O)C2c3ccccc3-c3cc(C)cc(C)c32)c2ccccc2)cc1. The number of anilines is 1. The summed E-state index contributed by atoms with van der Waals surface area (Å²) in [6.07, 6.45) is 0. The number of sulfonamides is 1. The third-order valence-electron chi connectivity index (χ3n) is 6.38. The Balaban J connectivity index is 1.73. The first-order valence-corrected chi connectivity index (χ1v) is 12.6. The summed E-state index contributed by atoms with van der Waals surface area (Å²) in [7, 11) is -4.15. The smallest absolute Gasteiger partial charge is 0.270 e. The number of hydrogen-bond donors (Lipinski definition) is 0. The standard InChI is InChI=1S/C29H25NO3S/c1-19-13-15-23(16-14-19)34(32,33)30(22-9-5-4-6-10-22)29(31)28-25-12-8-7-11-24(25)26-18-20(2)17-21(3)27(26)28/h4-18,28H,1-3H3. The van der Waals surface area contributed by atoms with Crippen molar-refractivity contribution in [2.75, 3.05) is 4.31 Å². The molecule has 1 aliphatic rings. The Kier molecular flexibility index (Phi) is 5.37. The van der Waals surface area contributed by atoms with Crippen LogP contribution in [0.15, 0.2) is 95.9 Å². The summed E-state index contributed by atoms with van der Waals surface area (Å²) in [6.45, 7) is 5.91. The number of rotatable bonds is 4. The predicted molar refractivity (Wildman–Crippen MR) is 135 cm³/mol. The zero-order valence-corrected chi connectivity index (χ0v) is 20.1. The van der Waals surface area contributed by atoms with Crippen molar-refractivity contribution in [1.82, 2.24) is 0 Å². The first-order valence-electron chi connectivity index (χ1n) is 11.2. The largest absolute Gasteiger partial charge is 0.272 e. The minimum absolute atomic E-state index is 0.0856. The Bertz CT molecular complexity index is 1510. The molecule has 0 radical (unpaired) electrons. The molecule has 1 atom stereocenters. The van der Waals surface area contributed by atoms with Gasteiger partial charge in [0.05, 0.1) is 16.5 Å². The molecule has 1 amide bonds. The van der Waals surface area contributed by atoms with E-state index in [0.717, 1.165) is 43.2 Å². The lowest BCUT2D eigenvalue weighted by atomic mass is 9.91. The van der Waals surface area contributed by atoms with E-state index < -0.39 is 21.8 Å². The Morgan fingerprint density at radius 1 is 0.735 bits per heavy atom. The molecular formula is C29H25NO3S. The lowest BCUT2D eigenvalue weighted by Crippen LogP contribution is -2.40. The van der Waals surface area contributed by atoms with Gasteiger partial charge in [0, 0.05) is 0 Å². The molecule has 0 heterocycles.